The van der Waals surface area contributed by atoms with Crippen LogP contribution in [-0.4, -0.2) is 51.1 Å². The van der Waals surface area contributed by atoms with Crippen LogP contribution >= 0.6 is 15.9 Å². The molecule has 0 aliphatic carbocycles. The number of nitrogens with zero attached hydrogens (tertiary/aromatic N) is 2. The van der Waals surface area contributed by atoms with E-state index >= 15 is 0 Å². The summed E-state index contributed by atoms with van der Waals surface area (Å²) in [5, 5.41) is 0. The van der Waals surface area contributed by atoms with E-state index in [0.29, 0.717) is 6.54 Å². The maximum atomic E-state index is 12.5. The minimum atomic E-state index is -0.388. The highest BCUT2D eigenvalue weighted by Gasteiger charge is 2.28. The van der Waals surface area contributed by atoms with Gasteiger partial charge in [0.15, 0.2) is 6.29 Å². The number of carbonyl (C=O) groups excluding carboxylic acids is 1. The fourth-order valence-electron chi connectivity index (χ4n) is 2.26. The van der Waals surface area contributed by atoms with Crippen molar-refractivity contribution in [2.24, 2.45) is 0 Å². The molecular formula is C14H19BrN2O3. The van der Waals surface area contributed by atoms with Crippen molar-refractivity contribution in [1.29, 1.82) is 0 Å². The third kappa shape index (κ3) is 3.50. The van der Waals surface area contributed by atoms with E-state index in [1.54, 1.807) is 24.0 Å². The van der Waals surface area contributed by atoms with E-state index in [0.717, 1.165) is 29.7 Å². The number of hydrogen-bond donors (Lipinski definition) is 0. The number of carbonyl (C=O) groups is 1. The van der Waals surface area contributed by atoms with Crippen molar-refractivity contribution in [3.63, 3.8) is 0 Å². The molecule has 1 aromatic carbocycles. The zero-order chi connectivity index (χ0) is 14.5. The highest BCUT2D eigenvalue weighted by molar-refractivity contribution is 9.10. The molecule has 0 N–H and O–H groups in total. The Morgan fingerprint density at radius 2 is 2.05 bits per heavy atom. The van der Waals surface area contributed by atoms with Crippen LogP contribution in [0.5, 0.6) is 0 Å². The predicted molar refractivity (Wildman–Crippen MR) is 80.9 cm³/mol. The first-order valence-electron chi connectivity index (χ1n) is 6.53. The van der Waals surface area contributed by atoms with Gasteiger partial charge in [-0.05, 0) is 24.6 Å². The summed E-state index contributed by atoms with van der Waals surface area (Å²) in [5.74, 6) is 0. The van der Waals surface area contributed by atoms with E-state index in [-0.39, 0.29) is 12.3 Å². The number of amides is 2. The molecule has 0 unspecified atom stereocenters. The van der Waals surface area contributed by atoms with E-state index in [2.05, 4.69) is 15.9 Å². The third-order valence-electron chi connectivity index (χ3n) is 3.33. The molecule has 0 atom stereocenters. The monoisotopic (exact) mass is 342 g/mol. The summed E-state index contributed by atoms with van der Waals surface area (Å²) in [6.07, 6.45) is 0.541. The summed E-state index contributed by atoms with van der Waals surface area (Å²) < 4.78 is 11.3. The van der Waals surface area contributed by atoms with Crippen LogP contribution in [0.1, 0.15) is 6.42 Å². The Morgan fingerprint density at radius 1 is 1.30 bits per heavy atom. The topological polar surface area (TPSA) is 42.0 Å². The normalized spacial score (nSPS) is 16.1. The standard InChI is InChI=1S/C14H19BrN2O3/c1-19-13(20-2)10-16-7-4-8-17(14(16)18)12-6-3-5-11(15)9-12/h3,5-6,9,13H,4,7-8,10H2,1-2H3. The molecule has 0 aromatic heterocycles. The highest BCUT2D eigenvalue weighted by Crippen LogP contribution is 2.23. The summed E-state index contributed by atoms with van der Waals surface area (Å²) in [6, 6.07) is 7.76. The van der Waals surface area contributed by atoms with Gasteiger partial charge < -0.3 is 14.4 Å². The molecule has 20 heavy (non-hydrogen) atoms. The zero-order valence-corrected chi connectivity index (χ0v) is 13.3. The first kappa shape index (κ1) is 15.3. The second-order valence-electron chi connectivity index (χ2n) is 4.61. The molecule has 1 aliphatic heterocycles. The van der Waals surface area contributed by atoms with Crippen LogP contribution < -0.4 is 4.90 Å². The molecule has 110 valence electrons. The van der Waals surface area contributed by atoms with Crippen LogP contribution in [0.2, 0.25) is 0 Å². The minimum absolute atomic E-state index is 0.00606. The average molecular weight is 343 g/mol. The summed E-state index contributed by atoms with van der Waals surface area (Å²) in [6.45, 7) is 1.90. The van der Waals surface area contributed by atoms with Crippen molar-refractivity contribution in [1.82, 2.24) is 4.90 Å². The van der Waals surface area contributed by atoms with E-state index in [4.69, 9.17) is 9.47 Å². The number of urea groups is 1. The molecule has 2 amide bonds. The van der Waals surface area contributed by atoms with Gasteiger partial charge in [-0.3, -0.25) is 4.90 Å². The van der Waals surface area contributed by atoms with Crippen molar-refractivity contribution in [2.75, 3.05) is 38.8 Å². The van der Waals surface area contributed by atoms with Gasteiger partial charge in [0, 0.05) is 37.5 Å². The Balaban J connectivity index is 2.10. The van der Waals surface area contributed by atoms with Gasteiger partial charge in [-0.1, -0.05) is 22.0 Å². The Labute approximate surface area is 127 Å². The van der Waals surface area contributed by atoms with Gasteiger partial charge >= 0.3 is 6.03 Å². The number of hydrogen-bond acceptors (Lipinski definition) is 3. The van der Waals surface area contributed by atoms with Gasteiger partial charge in [-0.2, -0.15) is 0 Å². The fourth-order valence-corrected chi connectivity index (χ4v) is 2.65. The van der Waals surface area contributed by atoms with Crippen LogP contribution in [0, 0.1) is 0 Å². The quantitative estimate of drug-likeness (QED) is 0.772. The van der Waals surface area contributed by atoms with E-state index in [9.17, 15) is 4.79 Å². The lowest BCUT2D eigenvalue weighted by molar-refractivity contribution is -0.111. The van der Waals surface area contributed by atoms with Gasteiger partial charge in [0.1, 0.15) is 0 Å². The minimum Gasteiger partial charge on any atom is -0.354 e. The lowest BCUT2D eigenvalue weighted by Gasteiger charge is -2.36. The van der Waals surface area contributed by atoms with Crippen molar-refractivity contribution >= 4 is 27.6 Å². The highest BCUT2D eigenvalue weighted by atomic mass is 79.9. The Kier molecular flexibility index (Phi) is 5.39. The van der Waals surface area contributed by atoms with E-state index < -0.39 is 0 Å². The molecular weight excluding hydrogens is 324 g/mol. The molecule has 1 aliphatic rings. The zero-order valence-electron chi connectivity index (χ0n) is 11.7. The molecule has 6 heteroatoms. The smallest absolute Gasteiger partial charge is 0.324 e. The molecule has 1 aromatic rings. The summed E-state index contributed by atoms with van der Waals surface area (Å²) in [4.78, 5) is 16.1. The Bertz CT molecular complexity index is 465. The first-order valence-corrected chi connectivity index (χ1v) is 7.32. The second-order valence-corrected chi connectivity index (χ2v) is 5.53. The fraction of sp³-hybridized carbons (Fsp3) is 0.500. The summed E-state index contributed by atoms with van der Waals surface area (Å²) >= 11 is 3.43. The molecule has 5 nitrogen and oxygen atoms in total. The number of benzene rings is 1. The average Bonchev–Trinajstić information content (AvgIpc) is 2.46. The van der Waals surface area contributed by atoms with Crippen LogP contribution in [0.25, 0.3) is 0 Å². The number of rotatable bonds is 5. The van der Waals surface area contributed by atoms with Crippen molar-refractivity contribution < 1.29 is 14.3 Å². The van der Waals surface area contributed by atoms with Crippen LogP contribution in [0.4, 0.5) is 10.5 Å². The summed E-state index contributed by atoms with van der Waals surface area (Å²) in [7, 11) is 3.16. The van der Waals surface area contributed by atoms with Crippen molar-refractivity contribution in [3.05, 3.63) is 28.7 Å². The van der Waals surface area contributed by atoms with Crippen molar-refractivity contribution in [3.8, 4) is 0 Å². The molecule has 1 heterocycles. The molecule has 0 spiro atoms. The van der Waals surface area contributed by atoms with Gasteiger partial charge in [-0.15, -0.1) is 0 Å². The SMILES string of the molecule is COC(CN1CCCN(c2cccc(Br)c2)C1=O)OC. The number of methoxy groups -OCH3 is 2. The number of anilines is 1. The lowest BCUT2D eigenvalue weighted by atomic mass is 10.2. The van der Waals surface area contributed by atoms with Crippen LogP contribution in [0.3, 0.4) is 0 Å². The maximum Gasteiger partial charge on any atom is 0.324 e. The molecule has 2 rings (SSSR count). The molecule has 1 saturated heterocycles. The van der Waals surface area contributed by atoms with Gasteiger partial charge in [-0.25, -0.2) is 4.79 Å². The van der Waals surface area contributed by atoms with Gasteiger partial charge in [0.2, 0.25) is 0 Å². The molecule has 0 saturated carbocycles. The Morgan fingerprint density at radius 3 is 2.70 bits per heavy atom. The lowest BCUT2D eigenvalue weighted by Crippen LogP contribution is -2.52. The Hall–Kier alpha value is -1.11. The number of halogens is 1. The first-order chi connectivity index (χ1) is 9.65. The largest absolute Gasteiger partial charge is 0.354 e. The van der Waals surface area contributed by atoms with Gasteiger partial charge in [0.05, 0.1) is 6.54 Å². The predicted octanol–water partition coefficient (Wildman–Crippen LogP) is 2.70. The van der Waals surface area contributed by atoms with E-state index in [1.807, 2.05) is 24.3 Å². The maximum absolute atomic E-state index is 12.5. The molecule has 0 bridgehead atoms. The van der Waals surface area contributed by atoms with Crippen molar-refractivity contribution in [2.45, 2.75) is 12.7 Å². The second kappa shape index (κ2) is 7.06. The van der Waals surface area contributed by atoms with E-state index in [1.165, 1.54) is 0 Å². The van der Waals surface area contributed by atoms with Crippen LogP contribution in [-0.2, 0) is 9.47 Å². The third-order valence-corrected chi connectivity index (χ3v) is 3.82. The van der Waals surface area contributed by atoms with Crippen LogP contribution in [0.15, 0.2) is 28.7 Å². The number of ether oxygens (including phenoxy) is 2. The summed E-state index contributed by atoms with van der Waals surface area (Å²) in [5.41, 5.74) is 0.903. The molecule has 0 radical (unpaired) electrons. The molecule has 1 fully saturated rings. The van der Waals surface area contributed by atoms with Gasteiger partial charge in [0.25, 0.3) is 0 Å².